The van der Waals surface area contributed by atoms with Gasteiger partial charge in [0.1, 0.15) is 11.6 Å². The van der Waals surface area contributed by atoms with E-state index in [1.807, 2.05) is 0 Å². The van der Waals surface area contributed by atoms with E-state index in [-0.39, 0.29) is 25.0 Å². The van der Waals surface area contributed by atoms with Crippen LogP contribution in [-0.4, -0.2) is 69.8 Å². The number of aliphatic hydroxyl groups excluding tert-OH is 1. The first kappa shape index (κ1) is 25.7. The zero-order chi connectivity index (χ0) is 25.4. The Hall–Kier alpha value is -2.42. The molecule has 35 heavy (non-hydrogen) atoms. The first-order valence-electron chi connectivity index (χ1n) is 12.2. The van der Waals surface area contributed by atoms with E-state index in [1.165, 1.54) is 0 Å². The number of benzene rings is 1. The van der Waals surface area contributed by atoms with E-state index in [0.29, 0.717) is 42.9 Å². The number of nitrogens with zero attached hydrogens (tertiary/aromatic N) is 2. The monoisotopic (exact) mass is 504 g/mol. The maximum absolute atomic E-state index is 14.2. The third kappa shape index (κ3) is 4.26. The summed E-state index contributed by atoms with van der Waals surface area (Å²) in [5.41, 5.74) is -1.55. The van der Waals surface area contributed by atoms with Crippen LogP contribution in [0.3, 0.4) is 0 Å². The molecule has 190 valence electrons. The quantitative estimate of drug-likeness (QED) is 0.354. The summed E-state index contributed by atoms with van der Waals surface area (Å²) in [6, 6.07) is 5.94. The molecule has 8 nitrogen and oxygen atoms in total. The zero-order valence-corrected chi connectivity index (χ0v) is 20.7. The number of unbranched alkanes of at least 4 members (excludes halogenated alkanes) is 3. The number of ether oxygens (including phenoxy) is 1. The van der Waals surface area contributed by atoms with Crippen molar-refractivity contribution in [1.29, 1.82) is 0 Å². The van der Waals surface area contributed by atoms with E-state index in [0.717, 1.165) is 12.8 Å². The second-order valence-corrected chi connectivity index (χ2v) is 10.4. The molecule has 3 saturated heterocycles. The van der Waals surface area contributed by atoms with Crippen molar-refractivity contribution >= 4 is 35.1 Å². The molecule has 3 heterocycles. The number of aliphatic hydroxyl groups is 1. The Kier molecular flexibility index (Phi) is 7.27. The van der Waals surface area contributed by atoms with Gasteiger partial charge >= 0.3 is 5.97 Å². The molecular formula is C26H33ClN2O6. The summed E-state index contributed by atoms with van der Waals surface area (Å²) in [7, 11) is 0. The van der Waals surface area contributed by atoms with Gasteiger partial charge in [-0.25, -0.2) is 0 Å². The van der Waals surface area contributed by atoms with Crippen LogP contribution in [0, 0.1) is 11.8 Å². The highest BCUT2D eigenvalue weighted by atomic mass is 35.5. The Morgan fingerprint density at radius 3 is 2.54 bits per heavy atom. The highest BCUT2D eigenvalue weighted by Gasteiger charge is 2.78. The fourth-order valence-corrected chi connectivity index (χ4v) is 6.42. The lowest BCUT2D eigenvalue weighted by Gasteiger charge is -2.36. The number of aliphatic carboxylic acids is 1. The van der Waals surface area contributed by atoms with Gasteiger partial charge in [0, 0.05) is 30.4 Å². The van der Waals surface area contributed by atoms with Crippen LogP contribution in [0.2, 0.25) is 5.02 Å². The standard InChI is InChI=1S/C26H33ClN2O6/c1-3-14-28(18-10-8-17(27)9-11-18)23(32)21-26-13-12-25(2,35-26)20(24(33)34)19(26)22(31)29(21)15-6-4-5-7-16-30/h3,8-11,19-21,30H,1,4-7,12-16H2,2H3,(H,33,34)/t19-,20+,21?,25-,26?/m0/s1. The van der Waals surface area contributed by atoms with Crippen LogP contribution < -0.4 is 4.90 Å². The molecule has 3 aliphatic rings. The molecule has 0 saturated carbocycles. The number of carbonyl (C=O) groups is 3. The molecule has 0 radical (unpaired) electrons. The van der Waals surface area contributed by atoms with Crippen LogP contribution >= 0.6 is 11.6 Å². The molecule has 3 aliphatic heterocycles. The molecule has 4 rings (SSSR count). The maximum Gasteiger partial charge on any atom is 0.310 e. The molecule has 2 unspecified atom stereocenters. The summed E-state index contributed by atoms with van der Waals surface area (Å²) >= 11 is 6.05. The van der Waals surface area contributed by atoms with Gasteiger partial charge in [0.25, 0.3) is 5.91 Å². The van der Waals surface area contributed by atoms with Gasteiger partial charge in [-0.05, 0) is 56.9 Å². The Morgan fingerprint density at radius 2 is 1.91 bits per heavy atom. The van der Waals surface area contributed by atoms with Crippen LogP contribution in [0.15, 0.2) is 36.9 Å². The molecule has 1 aromatic carbocycles. The van der Waals surface area contributed by atoms with Crippen molar-refractivity contribution in [3.8, 4) is 0 Å². The number of hydrogen-bond donors (Lipinski definition) is 2. The van der Waals surface area contributed by atoms with E-state index in [2.05, 4.69) is 6.58 Å². The van der Waals surface area contributed by atoms with E-state index >= 15 is 0 Å². The highest BCUT2D eigenvalue weighted by molar-refractivity contribution is 6.30. The van der Waals surface area contributed by atoms with E-state index in [1.54, 1.807) is 47.1 Å². The van der Waals surface area contributed by atoms with Gasteiger partial charge in [-0.1, -0.05) is 30.5 Å². The van der Waals surface area contributed by atoms with Crippen LogP contribution in [0.5, 0.6) is 0 Å². The van der Waals surface area contributed by atoms with Crippen LogP contribution in [0.25, 0.3) is 0 Å². The molecule has 2 N–H and O–H groups in total. The number of halogens is 1. The van der Waals surface area contributed by atoms with Crippen molar-refractivity contribution in [2.75, 3.05) is 24.6 Å². The summed E-state index contributed by atoms with van der Waals surface area (Å²) in [4.78, 5) is 43.4. The third-order valence-corrected chi connectivity index (χ3v) is 8.05. The van der Waals surface area contributed by atoms with E-state index < -0.39 is 35.0 Å². The predicted octanol–water partition coefficient (Wildman–Crippen LogP) is 3.26. The molecule has 5 atom stereocenters. The van der Waals surface area contributed by atoms with Crippen molar-refractivity contribution in [3.05, 3.63) is 41.9 Å². The van der Waals surface area contributed by atoms with Crippen molar-refractivity contribution in [2.45, 2.75) is 62.7 Å². The number of carbonyl (C=O) groups excluding carboxylic acids is 2. The van der Waals surface area contributed by atoms with E-state index in [9.17, 15) is 19.5 Å². The number of likely N-dealkylation sites (tertiary alicyclic amines) is 1. The Bertz CT molecular complexity index is 1000. The predicted molar refractivity (Wildman–Crippen MR) is 131 cm³/mol. The van der Waals surface area contributed by atoms with Gasteiger partial charge in [-0.3, -0.25) is 14.4 Å². The minimum Gasteiger partial charge on any atom is -0.481 e. The normalized spacial score (nSPS) is 31.0. The molecule has 0 aliphatic carbocycles. The summed E-state index contributed by atoms with van der Waals surface area (Å²) in [6.45, 7) is 6.19. The van der Waals surface area contributed by atoms with Crippen molar-refractivity contribution in [2.24, 2.45) is 11.8 Å². The SMILES string of the molecule is C=CCN(C(=O)C1N(CCCCCCO)C(=O)[C@@H]2[C@H](C(=O)O)[C@]3(C)CCC12O3)c1ccc(Cl)cc1. The Balaban J connectivity index is 1.72. The smallest absolute Gasteiger partial charge is 0.310 e. The number of carboxylic acid groups (broad SMARTS) is 1. The molecule has 2 amide bonds. The van der Waals surface area contributed by atoms with Gasteiger partial charge in [-0.2, -0.15) is 0 Å². The molecule has 2 bridgehead atoms. The lowest BCUT2D eigenvalue weighted by molar-refractivity contribution is -0.154. The molecule has 3 fully saturated rings. The van der Waals surface area contributed by atoms with Crippen molar-refractivity contribution in [3.63, 3.8) is 0 Å². The molecule has 9 heteroatoms. The summed E-state index contributed by atoms with van der Waals surface area (Å²) < 4.78 is 6.44. The van der Waals surface area contributed by atoms with Gasteiger partial charge in [0.05, 0.1) is 17.4 Å². The minimum atomic E-state index is -1.18. The first-order chi connectivity index (χ1) is 16.7. The average molecular weight is 505 g/mol. The van der Waals surface area contributed by atoms with Gasteiger partial charge in [0.15, 0.2) is 0 Å². The summed E-state index contributed by atoms with van der Waals surface area (Å²) in [6.07, 6.45) is 5.47. The van der Waals surface area contributed by atoms with Crippen LogP contribution in [-0.2, 0) is 19.1 Å². The van der Waals surface area contributed by atoms with Crippen LogP contribution in [0.1, 0.15) is 45.4 Å². The van der Waals surface area contributed by atoms with Gasteiger partial charge < -0.3 is 24.7 Å². The number of amides is 2. The number of carboxylic acids is 1. The fourth-order valence-electron chi connectivity index (χ4n) is 6.29. The first-order valence-corrected chi connectivity index (χ1v) is 12.6. The lowest BCUT2D eigenvalue weighted by Crippen LogP contribution is -2.56. The average Bonchev–Trinajstić information content (AvgIpc) is 3.38. The van der Waals surface area contributed by atoms with Crippen molar-refractivity contribution in [1.82, 2.24) is 4.90 Å². The second kappa shape index (κ2) is 9.91. The maximum atomic E-state index is 14.2. The van der Waals surface area contributed by atoms with Crippen LogP contribution in [0.4, 0.5) is 5.69 Å². The molecule has 1 aromatic rings. The number of anilines is 1. The Labute approximate surface area is 210 Å². The van der Waals surface area contributed by atoms with Gasteiger partial charge in [0.2, 0.25) is 5.91 Å². The third-order valence-electron chi connectivity index (χ3n) is 7.80. The molecular weight excluding hydrogens is 472 g/mol. The minimum absolute atomic E-state index is 0.110. The number of rotatable bonds is 11. The fraction of sp³-hybridized carbons (Fsp3) is 0.577. The topological polar surface area (TPSA) is 107 Å². The summed E-state index contributed by atoms with van der Waals surface area (Å²) in [5, 5.41) is 19.6. The largest absolute Gasteiger partial charge is 0.481 e. The van der Waals surface area contributed by atoms with E-state index in [4.69, 9.17) is 21.4 Å². The molecule has 1 spiro atoms. The zero-order valence-electron chi connectivity index (χ0n) is 20.0. The summed E-state index contributed by atoms with van der Waals surface area (Å²) in [5.74, 6) is -3.60. The lowest BCUT2D eigenvalue weighted by atomic mass is 9.66. The van der Waals surface area contributed by atoms with Crippen molar-refractivity contribution < 1.29 is 29.3 Å². The number of fused-ring (bicyclic) bond motifs is 1. The number of hydrogen-bond acceptors (Lipinski definition) is 5. The van der Waals surface area contributed by atoms with Gasteiger partial charge in [-0.15, -0.1) is 6.58 Å². The Morgan fingerprint density at radius 1 is 1.23 bits per heavy atom. The molecule has 0 aromatic heterocycles. The second-order valence-electron chi connectivity index (χ2n) is 9.95. The highest BCUT2D eigenvalue weighted by Crippen LogP contribution is 2.63.